The Morgan fingerprint density at radius 1 is 1.41 bits per heavy atom. The molecule has 5 nitrogen and oxygen atoms in total. The van der Waals surface area contributed by atoms with E-state index in [0.29, 0.717) is 19.6 Å². The molecule has 0 saturated carbocycles. The molecule has 5 heteroatoms. The fourth-order valence-electron chi connectivity index (χ4n) is 1.88. The minimum absolute atomic E-state index is 0.0602. The van der Waals surface area contributed by atoms with Crippen molar-refractivity contribution in [3.63, 3.8) is 0 Å². The van der Waals surface area contributed by atoms with E-state index in [0.717, 1.165) is 19.3 Å². The summed E-state index contributed by atoms with van der Waals surface area (Å²) < 4.78 is 0. The summed E-state index contributed by atoms with van der Waals surface area (Å²) in [6.07, 6.45) is 3.27. The van der Waals surface area contributed by atoms with Gasteiger partial charge in [-0.1, -0.05) is 26.7 Å². The molecule has 0 spiro atoms. The van der Waals surface area contributed by atoms with E-state index in [1.165, 1.54) is 0 Å². The van der Waals surface area contributed by atoms with Crippen LogP contribution in [0, 0.1) is 11.8 Å². The first-order valence-electron chi connectivity index (χ1n) is 6.31. The Morgan fingerprint density at radius 2 is 2.06 bits per heavy atom. The van der Waals surface area contributed by atoms with Crippen LogP contribution in [0.25, 0.3) is 0 Å². The molecular formula is C12H22N2O3. The van der Waals surface area contributed by atoms with E-state index in [-0.39, 0.29) is 17.9 Å². The van der Waals surface area contributed by atoms with Crippen LogP contribution in [0.5, 0.6) is 0 Å². The van der Waals surface area contributed by atoms with Crippen molar-refractivity contribution in [3.8, 4) is 0 Å². The summed E-state index contributed by atoms with van der Waals surface area (Å²) >= 11 is 0. The predicted molar refractivity (Wildman–Crippen MR) is 64.8 cm³/mol. The van der Waals surface area contributed by atoms with Crippen molar-refractivity contribution in [1.82, 2.24) is 10.2 Å². The minimum Gasteiger partial charge on any atom is -0.481 e. The van der Waals surface area contributed by atoms with Crippen molar-refractivity contribution >= 4 is 12.0 Å². The van der Waals surface area contributed by atoms with E-state index >= 15 is 0 Å². The number of nitrogens with zero attached hydrogens (tertiary/aromatic N) is 1. The van der Waals surface area contributed by atoms with Crippen molar-refractivity contribution in [2.24, 2.45) is 11.8 Å². The van der Waals surface area contributed by atoms with Gasteiger partial charge in [-0.2, -0.15) is 0 Å². The van der Waals surface area contributed by atoms with Gasteiger partial charge < -0.3 is 15.3 Å². The van der Waals surface area contributed by atoms with Crippen LogP contribution >= 0.6 is 0 Å². The summed E-state index contributed by atoms with van der Waals surface area (Å²) in [5.41, 5.74) is 0. The first kappa shape index (κ1) is 13.8. The van der Waals surface area contributed by atoms with Gasteiger partial charge in [0.15, 0.2) is 0 Å². The quantitative estimate of drug-likeness (QED) is 0.694. The number of carbonyl (C=O) groups is 2. The van der Waals surface area contributed by atoms with Crippen LogP contribution in [-0.2, 0) is 4.79 Å². The van der Waals surface area contributed by atoms with Crippen molar-refractivity contribution in [2.45, 2.75) is 33.1 Å². The molecule has 2 N–H and O–H groups in total. The maximum Gasteiger partial charge on any atom is 0.317 e. The fourth-order valence-corrected chi connectivity index (χ4v) is 1.88. The Hall–Kier alpha value is -1.26. The number of amides is 2. The normalized spacial score (nSPS) is 17.4. The number of carboxylic acids is 1. The van der Waals surface area contributed by atoms with Crippen molar-refractivity contribution < 1.29 is 14.7 Å². The maximum absolute atomic E-state index is 11.6. The van der Waals surface area contributed by atoms with E-state index in [1.54, 1.807) is 11.8 Å². The average Bonchev–Trinajstić information content (AvgIpc) is 2.22. The highest BCUT2D eigenvalue weighted by atomic mass is 16.4. The van der Waals surface area contributed by atoms with Crippen molar-refractivity contribution in [3.05, 3.63) is 0 Å². The van der Waals surface area contributed by atoms with E-state index < -0.39 is 5.97 Å². The number of likely N-dealkylation sites (tertiary alicyclic amines) is 1. The summed E-state index contributed by atoms with van der Waals surface area (Å²) in [5.74, 6) is -1.04. The molecule has 17 heavy (non-hydrogen) atoms. The third-order valence-corrected chi connectivity index (χ3v) is 3.35. The zero-order chi connectivity index (χ0) is 12.8. The van der Waals surface area contributed by atoms with Crippen molar-refractivity contribution in [1.29, 1.82) is 0 Å². The Kier molecular flexibility index (Phi) is 5.25. The lowest BCUT2D eigenvalue weighted by molar-refractivity contribution is -0.144. The molecule has 0 aromatic carbocycles. The van der Waals surface area contributed by atoms with Crippen LogP contribution in [0.2, 0.25) is 0 Å². The number of rotatable bonds is 6. The number of nitrogens with one attached hydrogen (secondary N) is 1. The lowest BCUT2D eigenvalue weighted by Gasteiger charge is -2.41. The van der Waals surface area contributed by atoms with E-state index in [2.05, 4.69) is 12.2 Å². The fraction of sp³-hybridized carbons (Fsp3) is 0.833. The first-order valence-corrected chi connectivity index (χ1v) is 6.31. The molecule has 1 unspecified atom stereocenters. The van der Waals surface area contributed by atoms with E-state index in [4.69, 9.17) is 5.11 Å². The van der Waals surface area contributed by atoms with Gasteiger partial charge in [-0.05, 0) is 6.42 Å². The van der Waals surface area contributed by atoms with E-state index in [9.17, 15) is 9.59 Å². The monoisotopic (exact) mass is 242 g/mol. The van der Waals surface area contributed by atoms with Gasteiger partial charge >= 0.3 is 12.0 Å². The van der Waals surface area contributed by atoms with Gasteiger partial charge in [-0.15, -0.1) is 0 Å². The number of carbonyl (C=O) groups excluding carboxylic acids is 1. The third-order valence-electron chi connectivity index (χ3n) is 3.35. The minimum atomic E-state index is -0.780. The standard InChI is InChI=1S/C12H22N2O3/c1-3-4-5-6-13-12(17)14-7-10(8-14)9(2)11(15)16/h9-10H,3-8H2,1-2H3,(H,13,17)(H,15,16). The number of aliphatic carboxylic acids is 1. The van der Waals surface area contributed by atoms with Crippen LogP contribution in [-0.4, -0.2) is 41.6 Å². The Balaban J connectivity index is 2.14. The highest BCUT2D eigenvalue weighted by Gasteiger charge is 2.36. The number of hydrogen-bond acceptors (Lipinski definition) is 2. The zero-order valence-electron chi connectivity index (χ0n) is 10.6. The second-order valence-corrected chi connectivity index (χ2v) is 4.73. The molecule has 98 valence electrons. The highest BCUT2D eigenvalue weighted by molar-refractivity contribution is 5.76. The Labute approximate surface area is 102 Å². The maximum atomic E-state index is 11.6. The molecule has 1 fully saturated rings. The molecule has 0 aromatic rings. The topological polar surface area (TPSA) is 69.6 Å². The molecule has 0 bridgehead atoms. The largest absolute Gasteiger partial charge is 0.481 e. The highest BCUT2D eigenvalue weighted by Crippen LogP contribution is 2.23. The van der Waals surface area contributed by atoms with Gasteiger partial charge in [0, 0.05) is 25.6 Å². The van der Waals surface area contributed by atoms with Crippen LogP contribution in [0.4, 0.5) is 4.79 Å². The van der Waals surface area contributed by atoms with Crippen LogP contribution < -0.4 is 5.32 Å². The van der Waals surface area contributed by atoms with Crippen LogP contribution in [0.3, 0.4) is 0 Å². The van der Waals surface area contributed by atoms with Gasteiger partial charge in [0.2, 0.25) is 0 Å². The second-order valence-electron chi connectivity index (χ2n) is 4.73. The third kappa shape index (κ3) is 3.91. The number of urea groups is 1. The summed E-state index contributed by atoms with van der Waals surface area (Å²) in [6, 6.07) is -0.0602. The molecule has 1 saturated heterocycles. The summed E-state index contributed by atoms with van der Waals surface area (Å²) in [7, 11) is 0. The van der Waals surface area contributed by atoms with Gasteiger partial charge in [-0.25, -0.2) is 4.79 Å². The van der Waals surface area contributed by atoms with Gasteiger partial charge in [-0.3, -0.25) is 4.79 Å². The predicted octanol–water partition coefficient (Wildman–Crippen LogP) is 1.54. The van der Waals surface area contributed by atoms with E-state index in [1.807, 2.05) is 0 Å². The molecule has 1 atom stereocenters. The zero-order valence-corrected chi connectivity index (χ0v) is 10.6. The molecule has 0 aromatic heterocycles. The Bertz CT molecular complexity index is 275. The smallest absolute Gasteiger partial charge is 0.317 e. The van der Waals surface area contributed by atoms with Gasteiger partial charge in [0.1, 0.15) is 0 Å². The number of unbranched alkanes of at least 4 members (excludes halogenated alkanes) is 2. The first-order chi connectivity index (χ1) is 8.06. The molecule has 1 rings (SSSR count). The summed E-state index contributed by atoms with van der Waals surface area (Å²) in [5, 5.41) is 11.7. The van der Waals surface area contributed by atoms with Crippen molar-refractivity contribution in [2.75, 3.05) is 19.6 Å². The van der Waals surface area contributed by atoms with Crippen LogP contribution in [0.15, 0.2) is 0 Å². The van der Waals surface area contributed by atoms with Crippen LogP contribution in [0.1, 0.15) is 33.1 Å². The average molecular weight is 242 g/mol. The molecule has 1 heterocycles. The lowest BCUT2D eigenvalue weighted by atomic mass is 9.87. The molecule has 1 aliphatic rings. The van der Waals surface area contributed by atoms with Gasteiger partial charge in [0.25, 0.3) is 0 Å². The number of carboxylic acid groups (broad SMARTS) is 1. The SMILES string of the molecule is CCCCCNC(=O)N1CC(C(C)C(=O)O)C1. The Morgan fingerprint density at radius 3 is 2.59 bits per heavy atom. The molecule has 2 amide bonds. The molecule has 0 radical (unpaired) electrons. The summed E-state index contributed by atoms with van der Waals surface area (Å²) in [6.45, 7) is 5.65. The van der Waals surface area contributed by atoms with Gasteiger partial charge in [0.05, 0.1) is 5.92 Å². The lowest BCUT2D eigenvalue weighted by Crippen LogP contribution is -2.56. The summed E-state index contributed by atoms with van der Waals surface area (Å²) in [4.78, 5) is 24.0. The molecular weight excluding hydrogens is 220 g/mol. The molecule has 1 aliphatic heterocycles. The second kappa shape index (κ2) is 6.47. The number of hydrogen-bond donors (Lipinski definition) is 2. The molecule has 0 aliphatic carbocycles.